The van der Waals surface area contributed by atoms with Gasteiger partial charge in [0.1, 0.15) is 11.3 Å². The zero-order chi connectivity index (χ0) is 14.9. The Kier molecular flexibility index (Phi) is 3.34. The van der Waals surface area contributed by atoms with Gasteiger partial charge in [-0.05, 0) is 54.7 Å². The van der Waals surface area contributed by atoms with E-state index in [1.54, 1.807) is 6.07 Å². The van der Waals surface area contributed by atoms with Crippen molar-refractivity contribution in [1.82, 2.24) is 4.98 Å². The van der Waals surface area contributed by atoms with Gasteiger partial charge < -0.3 is 9.52 Å². The van der Waals surface area contributed by atoms with Gasteiger partial charge in [-0.3, -0.25) is 0 Å². The van der Waals surface area contributed by atoms with Gasteiger partial charge >= 0.3 is 0 Å². The molecular formula is C19H19NO2. The summed E-state index contributed by atoms with van der Waals surface area (Å²) in [6, 6.07) is 13.5. The van der Waals surface area contributed by atoms with Gasteiger partial charge in [-0.25, -0.2) is 4.98 Å². The summed E-state index contributed by atoms with van der Waals surface area (Å²) < 4.78 is 5.84. The van der Waals surface area contributed by atoms with Crippen LogP contribution in [-0.2, 0) is 0 Å². The van der Waals surface area contributed by atoms with E-state index in [0.29, 0.717) is 17.6 Å². The highest BCUT2D eigenvalue weighted by molar-refractivity contribution is 5.76. The lowest BCUT2D eigenvalue weighted by molar-refractivity contribution is 0.414. The number of phenolic OH excluding ortho intramolecular Hbond substituents is 1. The van der Waals surface area contributed by atoms with Gasteiger partial charge in [-0.1, -0.05) is 31.4 Å². The Morgan fingerprint density at radius 2 is 1.82 bits per heavy atom. The van der Waals surface area contributed by atoms with Crippen LogP contribution in [0.1, 0.15) is 43.6 Å². The molecule has 1 saturated carbocycles. The Morgan fingerprint density at radius 3 is 2.64 bits per heavy atom. The second-order valence-electron chi connectivity index (χ2n) is 6.10. The van der Waals surface area contributed by atoms with Crippen LogP contribution in [0.25, 0.3) is 22.6 Å². The fourth-order valence-electron chi connectivity index (χ4n) is 3.42. The third-order valence-corrected chi connectivity index (χ3v) is 4.61. The molecule has 3 heteroatoms. The van der Waals surface area contributed by atoms with Gasteiger partial charge in [-0.2, -0.15) is 0 Å². The van der Waals surface area contributed by atoms with Gasteiger partial charge in [0.15, 0.2) is 5.58 Å². The van der Waals surface area contributed by atoms with Crippen molar-refractivity contribution in [3.63, 3.8) is 0 Å². The Balaban J connectivity index is 1.75. The van der Waals surface area contributed by atoms with E-state index in [2.05, 4.69) is 11.1 Å². The summed E-state index contributed by atoms with van der Waals surface area (Å²) in [4.78, 5) is 4.55. The number of oxazole rings is 1. The van der Waals surface area contributed by atoms with Crippen molar-refractivity contribution in [1.29, 1.82) is 0 Å². The van der Waals surface area contributed by atoms with E-state index in [1.807, 2.05) is 30.3 Å². The molecule has 2 aromatic carbocycles. The van der Waals surface area contributed by atoms with Gasteiger partial charge in [0.25, 0.3) is 0 Å². The van der Waals surface area contributed by atoms with Crippen molar-refractivity contribution in [3.8, 4) is 17.2 Å². The largest absolute Gasteiger partial charge is 0.508 e. The lowest BCUT2D eigenvalue weighted by Gasteiger charge is -2.23. The molecule has 1 heterocycles. The molecule has 0 saturated heterocycles. The molecule has 0 radical (unpaired) electrons. The fourth-order valence-corrected chi connectivity index (χ4v) is 3.42. The van der Waals surface area contributed by atoms with Gasteiger partial charge in [0.2, 0.25) is 5.89 Å². The first kappa shape index (κ1) is 13.4. The number of aromatic nitrogens is 1. The molecule has 0 spiro atoms. The average Bonchev–Trinajstić information content (AvgIpc) is 3.00. The predicted molar refractivity (Wildman–Crippen MR) is 86.9 cm³/mol. The Labute approximate surface area is 129 Å². The SMILES string of the molecule is Oc1ccc(-c2nc3ccccc3o2)cc1C1CCCCC1. The third kappa shape index (κ3) is 2.37. The maximum atomic E-state index is 10.2. The second kappa shape index (κ2) is 5.48. The van der Waals surface area contributed by atoms with Crippen LogP contribution in [-0.4, -0.2) is 10.1 Å². The molecule has 112 valence electrons. The molecule has 22 heavy (non-hydrogen) atoms. The Morgan fingerprint density at radius 1 is 1.00 bits per heavy atom. The summed E-state index contributed by atoms with van der Waals surface area (Å²) in [7, 11) is 0. The van der Waals surface area contributed by atoms with Crippen LogP contribution >= 0.6 is 0 Å². The van der Waals surface area contributed by atoms with E-state index < -0.39 is 0 Å². The Hall–Kier alpha value is -2.29. The summed E-state index contributed by atoms with van der Waals surface area (Å²) in [5.74, 6) is 1.48. The van der Waals surface area contributed by atoms with Crippen LogP contribution in [0.5, 0.6) is 5.75 Å². The van der Waals surface area contributed by atoms with Crippen LogP contribution in [0, 0.1) is 0 Å². The molecule has 1 aliphatic carbocycles. The maximum Gasteiger partial charge on any atom is 0.227 e. The highest BCUT2D eigenvalue weighted by atomic mass is 16.3. The minimum Gasteiger partial charge on any atom is -0.508 e. The third-order valence-electron chi connectivity index (χ3n) is 4.61. The van der Waals surface area contributed by atoms with E-state index in [1.165, 1.54) is 19.3 Å². The number of para-hydroxylation sites is 2. The number of phenols is 1. The molecule has 0 bridgehead atoms. The first-order valence-electron chi connectivity index (χ1n) is 8.00. The van der Waals surface area contributed by atoms with Crippen LogP contribution in [0.15, 0.2) is 46.9 Å². The molecule has 0 unspecified atom stereocenters. The highest BCUT2D eigenvalue weighted by Gasteiger charge is 2.20. The minimum absolute atomic E-state index is 0.395. The monoisotopic (exact) mass is 293 g/mol. The normalized spacial score (nSPS) is 16.2. The van der Waals surface area contributed by atoms with E-state index >= 15 is 0 Å². The van der Waals surface area contributed by atoms with E-state index in [-0.39, 0.29) is 0 Å². The summed E-state index contributed by atoms with van der Waals surface area (Å²) in [5.41, 5.74) is 3.64. The molecule has 3 aromatic rings. The van der Waals surface area contributed by atoms with Crippen LogP contribution in [0.3, 0.4) is 0 Å². The number of hydrogen-bond donors (Lipinski definition) is 1. The maximum absolute atomic E-state index is 10.2. The molecule has 1 N–H and O–H groups in total. The number of fused-ring (bicyclic) bond motifs is 1. The highest BCUT2D eigenvalue weighted by Crippen LogP contribution is 2.39. The predicted octanol–water partition coefficient (Wildman–Crippen LogP) is 5.25. The zero-order valence-corrected chi connectivity index (χ0v) is 12.5. The standard InChI is InChI=1S/C19H19NO2/c21-17-11-10-14(12-15(17)13-6-2-1-3-7-13)19-20-16-8-4-5-9-18(16)22-19/h4-5,8-13,21H,1-3,6-7H2. The van der Waals surface area contributed by atoms with E-state index in [9.17, 15) is 5.11 Å². The lowest BCUT2D eigenvalue weighted by atomic mass is 9.83. The molecular weight excluding hydrogens is 274 g/mol. The number of hydrogen-bond acceptors (Lipinski definition) is 3. The number of rotatable bonds is 2. The topological polar surface area (TPSA) is 46.3 Å². The molecule has 3 nitrogen and oxygen atoms in total. The molecule has 1 aromatic heterocycles. The molecule has 0 amide bonds. The first-order valence-corrected chi connectivity index (χ1v) is 8.00. The van der Waals surface area contributed by atoms with Crippen molar-refractivity contribution in [3.05, 3.63) is 48.0 Å². The summed E-state index contributed by atoms with van der Waals surface area (Å²) in [6.07, 6.45) is 6.12. The quantitative estimate of drug-likeness (QED) is 0.702. The minimum atomic E-state index is 0.395. The number of nitrogens with zero attached hydrogens (tertiary/aromatic N) is 1. The molecule has 0 aliphatic heterocycles. The number of aromatic hydroxyl groups is 1. The van der Waals surface area contributed by atoms with Gasteiger partial charge in [-0.15, -0.1) is 0 Å². The smallest absolute Gasteiger partial charge is 0.227 e. The van der Waals surface area contributed by atoms with Crippen molar-refractivity contribution in [2.24, 2.45) is 0 Å². The van der Waals surface area contributed by atoms with Crippen molar-refractivity contribution < 1.29 is 9.52 Å². The average molecular weight is 293 g/mol. The first-order chi connectivity index (χ1) is 10.8. The number of benzene rings is 2. The van der Waals surface area contributed by atoms with Crippen molar-refractivity contribution in [2.45, 2.75) is 38.0 Å². The second-order valence-corrected chi connectivity index (χ2v) is 6.10. The van der Waals surface area contributed by atoms with Crippen LogP contribution < -0.4 is 0 Å². The van der Waals surface area contributed by atoms with E-state index in [4.69, 9.17) is 4.42 Å². The lowest BCUT2D eigenvalue weighted by Crippen LogP contribution is -2.04. The molecule has 1 aliphatic rings. The summed E-state index contributed by atoms with van der Waals surface area (Å²) >= 11 is 0. The van der Waals surface area contributed by atoms with Crippen molar-refractivity contribution in [2.75, 3.05) is 0 Å². The van der Waals surface area contributed by atoms with Crippen LogP contribution in [0.4, 0.5) is 0 Å². The van der Waals surface area contributed by atoms with Gasteiger partial charge in [0.05, 0.1) is 0 Å². The van der Waals surface area contributed by atoms with Crippen molar-refractivity contribution >= 4 is 11.1 Å². The summed E-state index contributed by atoms with van der Waals surface area (Å²) in [5, 5.41) is 10.2. The van der Waals surface area contributed by atoms with E-state index in [0.717, 1.165) is 35.1 Å². The van der Waals surface area contributed by atoms with Gasteiger partial charge in [0, 0.05) is 5.56 Å². The molecule has 4 rings (SSSR count). The van der Waals surface area contributed by atoms with Crippen LogP contribution in [0.2, 0.25) is 0 Å². The molecule has 0 atom stereocenters. The zero-order valence-electron chi connectivity index (χ0n) is 12.5. The Bertz CT molecular complexity index is 767. The molecule has 1 fully saturated rings. The summed E-state index contributed by atoms with van der Waals surface area (Å²) in [6.45, 7) is 0. The fraction of sp³-hybridized carbons (Fsp3) is 0.316.